The van der Waals surface area contributed by atoms with Crippen molar-refractivity contribution in [3.05, 3.63) is 65.0 Å². The maximum absolute atomic E-state index is 13.2. The van der Waals surface area contributed by atoms with Crippen molar-refractivity contribution < 1.29 is 14.3 Å². The van der Waals surface area contributed by atoms with E-state index in [-0.39, 0.29) is 11.4 Å². The van der Waals surface area contributed by atoms with Crippen LogP contribution in [0.2, 0.25) is 0 Å². The molecule has 2 N–H and O–H groups in total. The van der Waals surface area contributed by atoms with E-state index in [2.05, 4.69) is 10.5 Å². The number of hydrazone groups is 1. The van der Waals surface area contributed by atoms with Crippen LogP contribution in [-0.4, -0.2) is 17.3 Å². The molecular formula is C15H13FN2O2. The number of carboxylic acid groups (broad SMARTS) is 1. The first-order valence-electron chi connectivity index (χ1n) is 5.95. The van der Waals surface area contributed by atoms with Crippen LogP contribution in [0.25, 0.3) is 0 Å². The number of carboxylic acids is 1. The van der Waals surface area contributed by atoms with Crippen LogP contribution < -0.4 is 5.43 Å². The highest BCUT2D eigenvalue weighted by atomic mass is 19.1. The maximum Gasteiger partial charge on any atom is 0.337 e. The third kappa shape index (κ3) is 3.41. The zero-order valence-corrected chi connectivity index (χ0v) is 10.8. The lowest BCUT2D eigenvalue weighted by molar-refractivity contribution is 0.0698. The molecule has 0 saturated heterocycles. The van der Waals surface area contributed by atoms with Gasteiger partial charge < -0.3 is 5.11 Å². The minimum Gasteiger partial charge on any atom is -0.478 e. The average molecular weight is 272 g/mol. The van der Waals surface area contributed by atoms with Crippen molar-refractivity contribution in [3.63, 3.8) is 0 Å². The summed E-state index contributed by atoms with van der Waals surface area (Å²) >= 11 is 0. The molecule has 0 aliphatic rings. The fourth-order valence-corrected chi connectivity index (χ4v) is 1.78. The first kappa shape index (κ1) is 13.7. The number of anilines is 1. The number of rotatable bonds is 4. The number of aryl methyl sites for hydroxylation is 1. The molecule has 0 fully saturated rings. The van der Waals surface area contributed by atoms with Gasteiger partial charge in [0.2, 0.25) is 0 Å². The molecule has 0 spiro atoms. The molecule has 0 aliphatic carbocycles. The molecular weight excluding hydrogens is 259 g/mol. The number of hydrogen-bond acceptors (Lipinski definition) is 3. The van der Waals surface area contributed by atoms with E-state index in [0.29, 0.717) is 11.3 Å². The summed E-state index contributed by atoms with van der Waals surface area (Å²) in [4.78, 5) is 11.0. The predicted octanol–water partition coefficient (Wildman–Crippen LogP) is 3.28. The lowest BCUT2D eigenvalue weighted by Crippen LogP contribution is -2.02. The Hall–Kier alpha value is -2.69. The smallest absolute Gasteiger partial charge is 0.337 e. The minimum atomic E-state index is -1.04. The molecule has 102 valence electrons. The van der Waals surface area contributed by atoms with Gasteiger partial charge in [-0.2, -0.15) is 5.10 Å². The standard InChI is InChI=1S/C15H13FN2O2/c1-10-6-11(8-12(16)7-10)9-17-18-14-5-3-2-4-13(14)15(19)20/h2-9,18H,1H3,(H,19,20)/b17-9+. The molecule has 2 aromatic rings. The van der Waals surface area contributed by atoms with Gasteiger partial charge in [0.05, 0.1) is 17.5 Å². The molecule has 4 nitrogen and oxygen atoms in total. The van der Waals surface area contributed by atoms with Gasteiger partial charge in [-0.1, -0.05) is 18.2 Å². The molecule has 2 aromatic carbocycles. The van der Waals surface area contributed by atoms with E-state index in [9.17, 15) is 9.18 Å². The van der Waals surface area contributed by atoms with Crippen molar-refractivity contribution in [2.45, 2.75) is 6.92 Å². The Bertz CT molecular complexity index is 648. The van der Waals surface area contributed by atoms with Crippen LogP contribution in [0.15, 0.2) is 47.6 Å². The normalized spacial score (nSPS) is 10.7. The van der Waals surface area contributed by atoms with Crippen molar-refractivity contribution >= 4 is 17.9 Å². The van der Waals surface area contributed by atoms with Gasteiger partial charge in [-0.25, -0.2) is 9.18 Å². The Morgan fingerprint density at radius 1 is 1.30 bits per heavy atom. The molecule has 20 heavy (non-hydrogen) atoms. The van der Waals surface area contributed by atoms with Gasteiger partial charge in [0.25, 0.3) is 0 Å². The van der Waals surface area contributed by atoms with Crippen LogP contribution in [0, 0.1) is 12.7 Å². The van der Waals surface area contributed by atoms with Crippen LogP contribution in [0.4, 0.5) is 10.1 Å². The highest BCUT2D eigenvalue weighted by molar-refractivity contribution is 5.94. The Morgan fingerprint density at radius 3 is 2.75 bits per heavy atom. The molecule has 0 aliphatic heterocycles. The van der Waals surface area contributed by atoms with Gasteiger partial charge in [0, 0.05) is 0 Å². The molecule has 2 rings (SSSR count). The van der Waals surface area contributed by atoms with Crippen LogP contribution >= 0.6 is 0 Å². The van der Waals surface area contributed by atoms with Crippen molar-refractivity contribution in [2.75, 3.05) is 5.43 Å². The monoisotopic (exact) mass is 272 g/mol. The van der Waals surface area contributed by atoms with E-state index in [1.165, 1.54) is 24.4 Å². The lowest BCUT2D eigenvalue weighted by atomic mass is 10.1. The minimum absolute atomic E-state index is 0.125. The number of carbonyl (C=O) groups is 1. The summed E-state index contributed by atoms with van der Waals surface area (Å²) in [5, 5.41) is 12.9. The molecule has 5 heteroatoms. The predicted molar refractivity (Wildman–Crippen MR) is 75.8 cm³/mol. The lowest BCUT2D eigenvalue weighted by Gasteiger charge is -2.04. The fourth-order valence-electron chi connectivity index (χ4n) is 1.78. The number of hydrogen-bond donors (Lipinski definition) is 2. The van der Waals surface area contributed by atoms with Gasteiger partial charge in [-0.05, 0) is 42.3 Å². The summed E-state index contributed by atoms with van der Waals surface area (Å²) in [6.45, 7) is 1.79. The Kier molecular flexibility index (Phi) is 4.10. The summed E-state index contributed by atoms with van der Waals surface area (Å²) in [6, 6.07) is 11.0. The number of para-hydroxylation sites is 1. The zero-order valence-electron chi connectivity index (χ0n) is 10.8. The molecule has 0 bridgehead atoms. The first-order valence-corrected chi connectivity index (χ1v) is 5.95. The number of nitrogens with zero attached hydrogens (tertiary/aromatic N) is 1. The first-order chi connectivity index (χ1) is 9.56. The second-order valence-electron chi connectivity index (χ2n) is 4.28. The maximum atomic E-state index is 13.2. The molecule has 0 atom stereocenters. The van der Waals surface area contributed by atoms with E-state index >= 15 is 0 Å². The van der Waals surface area contributed by atoms with Gasteiger partial charge >= 0.3 is 5.97 Å². The molecule has 0 heterocycles. The van der Waals surface area contributed by atoms with Gasteiger partial charge in [0.1, 0.15) is 5.82 Å². The molecule has 0 radical (unpaired) electrons. The molecule has 0 amide bonds. The Labute approximate surface area is 115 Å². The largest absolute Gasteiger partial charge is 0.478 e. The third-order valence-corrected chi connectivity index (χ3v) is 2.62. The van der Waals surface area contributed by atoms with Crippen molar-refractivity contribution in [2.24, 2.45) is 5.10 Å². The Morgan fingerprint density at radius 2 is 2.05 bits per heavy atom. The number of halogens is 1. The molecule has 0 saturated carbocycles. The summed E-state index contributed by atoms with van der Waals surface area (Å²) in [6.07, 6.45) is 1.44. The number of aromatic carboxylic acids is 1. The number of benzene rings is 2. The van der Waals surface area contributed by atoms with E-state index in [1.807, 2.05) is 0 Å². The average Bonchev–Trinajstić information content (AvgIpc) is 2.38. The van der Waals surface area contributed by atoms with Crippen LogP contribution in [0.3, 0.4) is 0 Å². The summed E-state index contributed by atoms with van der Waals surface area (Å²) < 4.78 is 13.2. The molecule has 0 unspecified atom stereocenters. The van der Waals surface area contributed by atoms with Crippen LogP contribution in [0.1, 0.15) is 21.5 Å². The zero-order chi connectivity index (χ0) is 14.5. The van der Waals surface area contributed by atoms with E-state index in [4.69, 9.17) is 5.11 Å². The summed E-state index contributed by atoms with van der Waals surface area (Å²) in [5.41, 5.74) is 4.54. The Balaban J connectivity index is 2.16. The highest BCUT2D eigenvalue weighted by Gasteiger charge is 2.07. The van der Waals surface area contributed by atoms with Gasteiger partial charge in [-0.15, -0.1) is 0 Å². The summed E-state index contributed by atoms with van der Waals surface area (Å²) in [5.74, 6) is -1.37. The quantitative estimate of drug-likeness (QED) is 0.663. The summed E-state index contributed by atoms with van der Waals surface area (Å²) in [7, 11) is 0. The van der Waals surface area contributed by atoms with Crippen LogP contribution in [-0.2, 0) is 0 Å². The van der Waals surface area contributed by atoms with Crippen LogP contribution in [0.5, 0.6) is 0 Å². The second-order valence-corrected chi connectivity index (χ2v) is 4.28. The highest BCUT2D eigenvalue weighted by Crippen LogP contribution is 2.14. The van der Waals surface area contributed by atoms with Crippen molar-refractivity contribution in [1.82, 2.24) is 0 Å². The van der Waals surface area contributed by atoms with Gasteiger partial charge in [-0.3, -0.25) is 5.43 Å². The second kappa shape index (κ2) is 5.97. The van der Waals surface area contributed by atoms with Crippen molar-refractivity contribution in [1.29, 1.82) is 0 Å². The van der Waals surface area contributed by atoms with Gasteiger partial charge in [0.15, 0.2) is 0 Å². The van der Waals surface area contributed by atoms with E-state index in [1.54, 1.807) is 31.2 Å². The third-order valence-electron chi connectivity index (χ3n) is 2.62. The van der Waals surface area contributed by atoms with E-state index < -0.39 is 5.97 Å². The van der Waals surface area contributed by atoms with E-state index in [0.717, 1.165) is 5.56 Å². The number of nitrogens with one attached hydrogen (secondary N) is 1. The SMILES string of the molecule is Cc1cc(F)cc(/C=N/Nc2ccccc2C(=O)O)c1. The fraction of sp³-hybridized carbons (Fsp3) is 0.0667. The topological polar surface area (TPSA) is 61.7 Å². The molecule has 0 aromatic heterocycles. The van der Waals surface area contributed by atoms with Crippen molar-refractivity contribution in [3.8, 4) is 0 Å².